The second kappa shape index (κ2) is 13.6. The van der Waals surface area contributed by atoms with Crippen LogP contribution in [0.1, 0.15) is 6.92 Å². The molecule has 0 aliphatic heterocycles. The molecule has 0 spiro atoms. The molecule has 0 saturated heterocycles. The number of aliphatic hydroxyl groups excluding tert-OH is 1. The standard InChI is InChI=1S/C2H6O.2Na.H3O4P/c1-2-3;;;1-5(2,3)4/h3H,2H2,1H3;;;(H3,1,2,3,4)/q;2*+1;/p-3. The van der Waals surface area contributed by atoms with Crippen molar-refractivity contribution in [3.63, 3.8) is 0 Å². The molecule has 10 heavy (non-hydrogen) atoms. The summed E-state index contributed by atoms with van der Waals surface area (Å²) in [6, 6.07) is 0. The quantitative estimate of drug-likeness (QED) is 0.299. The molecule has 0 atom stereocenters. The molecule has 0 aliphatic rings. The largest absolute Gasteiger partial charge is 1.00 e. The number of hydrogen-bond donors (Lipinski definition) is 1. The summed E-state index contributed by atoms with van der Waals surface area (Å²) in [5.41, 5.74) is 0. The van der Waals surface area contributed by atoms with E-state index in [2.05, 4.69) is 0 Å². The summed E-state index contributed by atoms with van der Waals surface area (Å²) in [5, 5.41) is 7.57. The van der Waals surface area contributed by atoms with Gasteiger partial charge in [0.05, 0.1) is 0 Å². The van der Waals surface area contributed by atoms with Crippen molar-refractivity contribution in [2.45, 2.75) is 6.92 Å². The maximum absolute atomic E-state index is 8.55. The number of rotatable bonds is 0. The van der Waals surface area contributed by atoms with Crippen LogP contribution in [0.25, 0.3) is 0 Å². The molecule has 0 bridgehead atoms. The van der Waals surface area contributed by atoms with E-state index in [1.807, 2.05) is 0 Å². The number of hydrogen-bond acceptors (Lipinski definition) is 5. The third-order valence-corrected chi connectivity index (χ3v) is 0. The molecule has 52 valence electrons. The van der Waals surface area contributed by atoms with Gasteiger partial charge in [0.1, 0.15) is 0 Å². The van der Waals surface area contributed by atoms with E-state index in [1.165, 1.54) is 0 Å². The first kappa shape index (κ1) is 22.7. The van der Waals surface area contributed by atoms with Gasteiger partial charge in [-0.05, 0) is 6.92 Å². The molecule has 0 heterocycles. The Morgan fingerprint density at radius 2 is 1.30 bits per heavy atom. The van der Waals surface area contributed by atoms with E-state index in [1.54, 1.807) is 6.92 Å². The summed E-state index contributed by atoms with van der Waals surface area (Å²) in [7, 11) is -5.39. The molecule has 0 saturated carbocycles. The summed E-state index contributed by atoms with van der Waals surface area (Å²) in [6.45, 7) is 1.93. The summed E-state index contributed by atoms with van der Waals surface area (Å²) in [4.78, 5) is 25.6. The number of phosphoric acid groups is 1. The Labute approximate surface area is 104 Å². The predicted molar refractivity (Wildman–Crippen MR) is 20.4 cm³/mol. The minimum absolute atomic E-state index is 0. The molecule has 0 fully saturated rings. The van der Waals surface area contributed by atoms with Gasteiger partial charge in [0.2, 0.25) is 0 Å². The van der Waals surface area contributed by atoms with E-state index < -0.39 is 7.82 Å². The Balaban J connectivity index is -0.0000000326. The molecule has 8 heteroatoms. The molecule has 0 aliphatic carbocycles. The Bertz CT molecular complexity index is 73.5. The average molecular weight is 187 g/mol. The van der Waals surface area contributed by atoms with Crippen LogP contribution in [0, 0.1) is 0 Å². The first-order valence-corrected chi connectivity index (χ1v) is 3.21. The van der Waals surface area contributed by atoms with Crippen molar-refractivity contribution < 1.29 is 83.5 Å². The van der Waals surface area contributed by atoms with Crippen molar-refractivity contribution in [2.75, 3.05) is 6.61 Å². The van der Waals surface area contributed by atoms with E-state index in [0.29, 0.717) is 0 Å². The summed E-state index contributed by atoms with van der Waals surface area (Å²) >= 11 is 0. The Morgan fingerprint density at radius 3 is 1.30 bits per heavy atom. The average Bonchev–Trinajstić information content (AvgIpc) is 1.27. The first-order valence-electron chi connectivity index (χ1n) is 1.75. The zero-order valence-corrected chi connectivity index (χ0v) is 11.1. The van der Waals surface area contributed by atoms with E-state index >= 15 is 0 Å². The topological polar surface area (TPSA) is 106 Å². The molecule has 0 radical (unpaired) electrons. The van der Waals surface area contributed by atoms with Gasteiger partial charge in [-0.1, -0.05) is 0 Å². The fourth-order valence-electron chi connectivity index (χ4n) is 0. The van der Waals surface area contributed by atoms with Gasteiger partial charge >= 0.3 is 59.1 Å². The maximum Gasteiger partial charge on any atom is 1.00 e. The van der Waals surface area contributed by atoms with Crippen molar-refractivity contribution in [1.29, 1.82) is 0 Å². The van der Waals surface area contributed by atoms with E-state index in [0.717, 1.165) is 0 Å². The van der Waals surface area contributed by atoms with E-state index in [-0.39, 0.29) is 65.7 Å². The van der Waals surface area contributed by atoms with Crippen molar-refractivity contribution in [3.8, 4) is 0 Å². The van der Waals surface area contributed by atoms with Gasteiger partial charge < -0.3 is 24.4 Å². The molecule has 0 unspecified atom stereocenters. The third kappa shape index (κ3) is 193. The van der Waals surface area contributed by atoms with Gasteiger partial charge in [-0.25, -0.2) is 0 Å². The van der Waals surface area contributed by atoms with Gasteiger partial charge in [0.25, 0.3) is 0 Å². The summed E-state index contributed by atoms with van der Waals surface area (Å²) < 4.78 is 8.55. The van der Waals surface area contributed by atoms with Crippen LogP contribution in [-0.2, 0) is 4.57 Å². The smallest absolute Gasteiger partial charge is 0.822 e. The zero-order chi connectivity index (χ0) is 7.21. The van der Waals surface area contributed by atoms with Crippen LogP contribution in [0.3, 0.4) is 0 Å². The Kier molecular flexibility index (Phi) is 31.0. The van der Waals surface area contributed by atoms with Gasteiger partial charge in [0, 0.05) is 6.61 Å². The molecule has 0 rings (SSSR count). The second-order valence-electron chi connectivity index (χ2n) is 0.763. The molecule has 0 aromatic carbocycles. The van der Waals surface area contributed by atoms with Gasteiger partial charge in [-0.15, -0.1) is 0 Å². The van der Waals surface area contributed by atoms with Gasteiger partial charge in [0.15, 0.2) is 0 Å². The van der Waals surface area contributed by atoms with E-state index in [9.17, 15) is 0 Å². The Hall–Kier alpha value is 2.07. The van der Waals surface area contributed by atoms with Crippen LogP contribution in [0.5, 0.6) is 0 Å². The van der Waals surface area contributed by atoms with Crippen LogP contribution in [-0.4, -0.2) is 11.7 Å². The van der Waals surface area contributed by atoms with Crippen molar-refractivity contribution in [2.24, 2.45) is 0 Å². The fourth-order valence-corrected chi connectivity index (χ4v) is 0. The molecule has 1 N–H and O–H groups in total. The van der Waals surface area contributed by atoms with Crippen molar-refractivity contribution in [3.05, 3.63) is 0 Å². The third-order valence-electron chi connectivity index (χ3n) is 0. The molecule has 0 amide bonds. The van der Waals surface area contributed by atoms with Crippen LogP contribution < -0.4 is 73.8 Å². The molecule has 0 aromatic heterocycles. The normalized spacial score (nSPS) is 7.70. The SMILES string of the molecule is CCO.O=P([O-])([O-])[O-].[Na+].[Na+]. The molecule has 0 aromatic rings. The molecular formula is C2H6Na2O5P-. The zero-order valence-electron chi connectivity index (χ0n) is 6.23. The van der Waals surface area contributed by atoms with Gasteiger partial charge in [-0.3, -0.25) is 0 Å². The summed E-state index contributed by atoms with van der Waals surface area (Å²) in [5.74, 6) is 0. The monoisotopic (exact) mass is 187 g/mol. The summed E-state index contributed by atoms with van der Waals surface area (Å²) in [6.07, 6.45) is 0. The predicted octanol–water partition coefficient (Wildman–Crippen LogP) is -8.82. The minimum atomic E-state index is -5.39. The maximum atomic E-state index is 8.55. The van der Waals surface area contributed by atoms with Crippen LogP contribution in [0.2, 0.25) is 0 Å². The van der Waals surface area contributed by atoms with Crippen molar-refractivity contribution in [1.82, 2.24) is 0 Å². The molecule has 5 nitrogen and oxygen atoms in total. The minimum Gasteiger partial charge on any atom is -0.822 e. The van der Waals surface area contributed by atoms with Crippen LogP contribution >= 0.6 is 7.82 Å². The second-order valence-corrected chi connectivity index (χ2v) is 1.66. The Morgan fingerprint density at radius 1 is 1.30 bits per heavy atom. The van der Waals surface area contributed by atoms with Gasteiger partial charge in [-0.2, -0.15) is 7.82 Å². The fraction of sp³-hybridized carbons (Fsp3) is 1.00. The molecular weight excluding hydrogens is 181 g/mol. The first-order chi connectivity index (χ1) is 3.41. The van der Waals surface area contributed by atoms with Crippen molar-refractivity contribution >= 4 is 7.82 Å². The van der Waals surface area contributed by atoms with E-state index in [4.69, 9.17) is 24.4 Å². The van der Waals surface area contributed by atoms with Crippen LogP contribution in [0.4, 0.5) is 0 Å². The number of aliphatic hydroxyl groups is 1. The van der Waals surface area contributed by atoms with Crippen LogP contribution in [0.15, 0.2) is 0 Å².